The van der Waals surface area contributed by atoms with E-state index in [1.807, 2.05) is 36.4 Å². The molecule has 0 aliphatic carbocycles. The number of halogens is 1. The molecule has 3 N–H and O–H groups in total. The molecule has 0 saturated carbocycles. The van der Waals surface area contributed by atoms with Crippen LogP contribution in [0.4, 0.5) is 0 Å². The van der Waals surface area contributed by atoms with Crippen LogP contribution in [0, 0.1) is 0 Å². The van der Waals surface area contributed by atoms with E-state index in [2.05, 4.69) is 15.9 Å². The first kappa shape index (κ1) is 11.4. The molecule has 1 aromatic rings. The third-order valence-corrected chi connectivity index (χ3v) is 2.37. The molecule has 0 aliphatic rings. The normalized spacial score (nSPS) is 14.1. The monoisotopic (exact) mass is 255 g/mol. The number of aliphatic hydroxyl groups excluding tert-OH is 1. The minimum absolute atomic E-state index is 0.0116. The molecule has 1 unspecified atom stereocenters. The van der Waals surface area contributed by atoms with Gasteiger partial charge in [-0.25, -0.2) is 0 Å². The first-order valence-electron chi connectivity index (χ1n) is 4.50. The summed E-state index contributed by atoms with van der Waals surface area (Å²) in [6.07, 6.45) is 2.67. The maximum atomic E-state index is 8.78. The minimum Gasteiger partial charge on any atom is -0.395 e. The van der Waals surface area contributed by atoms with E-state index in [1.165, 1.54) is 0 Å². The highest BCUT2D eigenvalue weighted by Crippen LogP contribution is 2.16. The van der Waals surface area contributed by atoms with E-state index >= 15 is 0 Å². The lowest BCUT2D eigenvalue weighted by molar-refractivity contribution is 0.266. The summed E-state index contributed by atoms with van der Waals surface area (Å²) < 4.78 is 1.00. The molecule has 0 aliphatic heterocycles. The van der Waals surface area contributed by atoms with Crippen LogP contribution >= 0.6 is 15.9 Å². The van der Waals surface area contributed by atoms with E-state index in [0.717, 1.165) is 10.0 Å². The number of rotatable bonds is 4. The fraction of sp³-hybridized carbons (Fsp3) is 0.273. The third kappa shape index (κ3) is 4.05. The summed E-state index contributed by atoms with van der Waals surface area (Å²) in [6.45, 7) is 0.0116. The first-order chi connectivity index (χ1) is 6.72. The van der Waals surface area contributed by atoms with Crippen LogP contribution in [-0.4, -0.2) is 17.8 Å². The Morgan fingerprint density at radius 1 is 1.43 bits per heavy atom. The van der Waals surface area contributed by atoms with Gasteiger partial charge in [0.05, 0.1) is 6.61 Å². The van der Waals surface area contributed by atoms with E-state index in [0.29, 0.717) is 6.42 Å². The summed E-state index contributed by atoms with van der Waals surface area (Å²) in [4.78, 5) is 0. The Balaban J connectivity index is 2.60. The maximum Gasteiger partial charge on any atom is 0.0585 e. The molecule has 2 nitrogen and oxygen atoms in total. The van der Waals surface area contributed by atoms with E-state index in [1.54, 1.807) is 0 Å². The van der Waals surface area contributed by atoms with E-state index in [4.69, 9.17) is 10.8 Å². The molecule has 14 heavy (non-hydrogen) atoms. The van der Waals surface area contributed by atoms with Crippen LogP contribution in [-0.2, 0) is 0 Å². The van der Waals surface area contributed by atoms with Crippen molar-refractivity contribution >= 4 is 22.0 Å². The Hall–Kier alpha value is -0.640. The number of nitrogens with two attached hydrogens (primary N) is 1. The van der Waals surface area contributed by atoms with E-state index in [-0.39, 0.29) is 12.6 Å². The van der Waals surface area contributed by atoms with Gasteiger partial charge < -0.3 is 10.8 Å². The second kappa shape index (κ2) is 5.96. The quantitative estimate of drug-likeness (QED) is 0.866. The highest BCUT2D eigenvalue weighted by atomic mass is 79.9. The number of hydrogen-bond donors (Lipinski definition) is 2. The predicted molar refractivity (Wildman–Crippen MR) is 63.0 cm³/mol. The van der Waals surface area contributed by atoms with Crippen molar-refractivity contribution in [3.05, 3.63) is 40.4 Å². The molecule has 0 aromatic heterocycles. The molecule has 76 valence electrons. The van der Waals surface area contributed by atoms with Gasteiger partial charge in [0.2, 0.25) is 0 Å². The summed E-state index contributed by atoms with van der Waals surface area (Å²) in [5.74, 6) is 0. The molecular formula is C11H14BrNO. The molecule has 0 heterocycles. The number of aliphatic hydroxyl groups is 1. The first-order valence-corrected chi connectivity index (χ1v) is 5.29. The Labute approximate surface area is 92.6 Å². The Bertz CT molecular complexity index is 297. The van der Waals surface area contributed by atoms with Gasteiger partial charge in [0, 0.05) is 6.04 Å². The molecule has 0 saturated heterocycles. The zero-order valence-electron chi connectivity index (χ0n) is 7.86. The van der Waals surface area contributed by atoms with Crippen molar-refractivity contribution < 1.29 is 5.11 Å². The van der Waals surface area contributed by atoms with Crippen molar-refractivity contribution in [2.75, 3.05) is 6.61 Å². The Morgan fingerprint density at radius 2 is 2.07 bits per heavy atom. The Kier molecular flexibility index (Phi) is 4.87. The van der Waals surface area contributed by atoms with E-state index < -0.39 is 0 Å². The summed E-state index contributed by atoms with van der Waals surface area (Å²) in [7, 11) is 0. The molecule has 1 atom stereocenters. The van der Waals surface area contributed by atoms with Crippen LogP contribution < -0.4 is 5.73 Å². The fourth-order valence-electron chi connectivity index (χ4n) is 1.10. The lowest BCUT2D eigenvalue weighted by atomic mass is 10.1. The van der Waals surface area contributed by atoms with Crippen LogP contribution in [0.3, 0.4) is 0 Å². The summed E-state index contributed by atoms with van der Waals surface area (Å²) in [6, 6.07) is 9.79. The van der Waals surface area contributed by atoms with Gasteiger partial charge in [0.25, 0.3) is 0 Å². The lowest BCUT2D eigenvalue weighted by Crippen LogP contribution is -2.23. The van der Waals surface area contributed by atoms with Crippen molar-refractivity contribution in [3.8, 4) is 0 Å². The van der Waals surface area contributed by atoms with Gasteiger partial charge in [-0.1, -0.05) is 46.3 Å². The summed E-state index contributed by atoms with van der Waals surface area (Å²) in [5.41, 5.74) is 6.74. The zero-order chi connectivity index (χ0) is 10.4. The van der Waals surface area contributed by atoms with Crippen LogP contribution in [0.15, 0.2) is 34.8 Å². The summed E-state index contributed by atoms with van der Waals surface area (Å²) in [5, 5.41) is 8.78. The van der Waals surface area contributed by atoms with Gasteiger partial charge in [-0.05, 0) is 22.5 Å². The second-order valence-corrected chi connectivity index (χ2v) is 4.17. The van der Waals surface area contributed by atoms with Crippen LogP contribution in [0.25, 0.3) is 6.08 Å². The highest BCUT2D eigenvalue weighted by Gasteiger charge is 2.01. The molecule has 0 bridgehead atoms. The third-order valence-electron chi connectivity index (χ3n) is 1.81. The minimum atomic E-state index is -0.190. The standard InChI is InChI=1S/C11H14BrNO/c12-10(7-11(13)8-14)6-9-4-2-1-3-5-9/h1-6,11,14H,7-8,13H2/b10-6-. The molecular weight excluding hydrogens is 242 g/mol. The maximum absolute atomic E-state index is 8.78. The smallest absolute Gasteiger partial charge is 0.0585 e. The molecule has 0 amide bonds. The molecule has 3 heteroatoms. The Morgan fingerprint density at radius 3 is 2.64 bits per heavy atom. The van der Waals surface area contributed by atoms with Crippen molar-refractivity contribution in [2.24, 2.45) is 5.73 Å². The van der Waals surface area contributed by atoms with Crippen LogP contribution in [0.5, 0.6) is 0 Å². The largest absolute Gasteiger partial charge is 0.395 e. The topological polar surface area (TPSA) is 46.2 Å². The highest BCUT2D eigenvalue weighted by molar-refractivity contribution is 9.11. The number of hydrogen-bond acceptors (Lipinski definition) is 2. The lowest BCUT2D eigenvalue weighted by Gasteiger charge is -2.06. The predicted octanol–water partition coefficient (Wildman–Crippen LogP) is 2.13. The summed E-state index contributed by atoms with van der Waals surface area (Å²) >= 11 is 3.43. The molecule has 0 spiro atoms. The van der Waals surface area contributed by atoms with Crippen LogP contribution in [0.2, 0.25) is 0 Å². The molecule has 0 fully saturated rings. The van der Waals surface area contributed by atoms with Crippen molar-refractivity contribution in [1.29, 1.82) is 0 Å². The van der Waals surface area contributed by atoms with Crippen molar-refractivity contribution in [3.63, 3.8) is 0 Å². The van der Waals surface area contributed by atoms with Crippen molar-refractivity contribution in [2.45, 2.75) is 12.5 Å². The van der Waals surface area contributed by atoms with Gasteiger partial charge in [-0.3, -0.25) is 0 Å². The second-order valence-electron chi connectivity index (χ2n) is 3.15. The fourth-order valence-corrected chi connectivity index (χ4v) is 1.78. The van der Waals surface area contributed by atoms with Gasteiger partial charge >= 0.3 is 0 Å². The zero-order valence-corrected chi connectivity index (χ0v) is 9.44. The van der Waals surface area contributed by atoms with Gasteiger partial charge in [-0.2, -0.15) is 0 Å². The molecule has 1 rings (SSSR count). The average Bonchev–Trinajstić information content (AvgIpc) is 2.19. The van der Waals surface area contributed by atoms with Gasteiger partial charge in [0.1, 0.15) is 0 Å². The molecule has 1 aromatic carbocycles. The van der Waals surface area contributed by atoms with Gasteiger partial charge in [0.15, 0.2) is 0 Å². The number of benzene rings is 1. The SMILES string of the molecule is NC(CO)C/C(Br)=C/c1ccccc1. The van der Waals surface area contributed by atoms with Gasteiger partial charge in [-0.15, -0.1) is 0 Å². The van der Waals surface area contributed by atoms with E-state index in [9.17, 15) is 0 Å². The molecule has 0 radical (unpaired) electrons. The van der Waals surface area contributed by atoms with Crippen LogP contribution in [0.1, 0.15) is 12.0 Å². The van der Waals surface area contributed by atoms with Crippen molar-refractivity contribution in [1.82, 2.24) is 0 Å². The average molecular weight is 256 g/mol.